The van der Waals surface area contributed by atoms with Crippen LogP contribution in [0.4, 0.5) is 0 Å². The Kier molecular flexibility index (Phi) is 2.15. The summed E-state index contributed by atoms with van der Waals surface area (Å²) >= 11 is 0. The summed E-state index contributed by atoms with van der Waals surface area (Å²) < 4.78 is 0. The van der Waals surface area contributed by atoms with Gasteiger partial charge in [-0.2, -0.15) is 4.80 Å². The quantitative estimate of drug-likeness (QED) is 0.657. The van der Waals surface area contributed by atoms with Crippen LogP contribution in [0.5, 0.6) is 0 Å². The van der Waals surface area contributed by atoms with E-state index in [1.54, 1.807) is 19.3 Å². The molecule has 14 heavy (non-hydrogen) atoms. The molecular weight excluding hydrogens is 182 g/mol. The molecule has 0 aliphatic heterocycles. The van der Waals surface area contributed by atoms with Gasteiger partial charge in [-0.3, -0.25) is 0 Å². The Morgan fingerprint density at radius 3 is 2.93 bits per heavy atom. The average molecular weight is 191 g/mol. The van der Waals surface area contributed by atoms with Gasteiger partial charge < -0.3 is 5.73 Å². The van der Waals surface area contributed by atoms with Crippen molar-refractivity contribution in [1.29, 1.82) is 0 Å². The number of tetrazole rings is 1. The van der Waals surface area contributed by atoms with Gasteiger partial charge in [-0.1, -0.05) is 0 Å². The fourth-order valence-corrected chi connectivity index (χ4v) is 1.04. The van der Waals surface area contributed by atoms with E-state index in [0.717, 1.165) is 0 Å². The van der Waals surface area contributed by atoms with Crippen LogP contribution in [0.15, 0.2) is 18.6 Å². The Hall–Kier alpha value is -1.89. The summed E-state index contributed by atoms with van der Waals surface area (Å²) in [6, 6.07) is 1.27. The van der Waals surface area contributed by atoms with Crippen LogP contribution in [0.1, 0.15) is 17.6 Å². The lowest BCUT2D eigenvalue weighted by Crippen LogP contribution is -2.15. The van der Waals surface area contributed by atoms with Gasteiger partial charge in [0.15, 0.2) is 5.82 Å². The van der Waals surface area contributed by atoms with E-state index in [0.29, 0.717) is 11.5 Å². The van der Waals surface area contributed by atoms with Gasteiger partial charge in [0, 0.05) is 6.20 Å². The highest BCUT2D eigenvalue weighted by Gasteiger charge is 2.14. The zero-order valence-corrected chi connectivity index (χ0v) is 7.57. The highest BCUT2D eigenvalue weighted by atomic mass is 15.6. The highest BCUT2D eigenvalue weighted by Crippen LogP contribution is 2.10. The Bertz CT molecular complexity index is 409. The molecule has 0 bridgehead atoms. The molecule has 2 heterocycles. The van der Waals surface area contributed by atoms with E-state index in [9.17, 15) is 0 Å². The standard InChI is InChI=1S/C7H9N7/c1-14-12-7(11-13-14)6(8)5-2-3-9-4-10-5/h2-4,6H,8H2,1H3. The van der Waals surface area contributed by atoms with Crippen LogP contribution in [0.2, 0.25) is 0 Å². The molecular formula is C7H9N7. The van der Waals surface area contributed by atoms with Crippen molar-refractivity contribution in [2.75, 3.05) is 0 Å². The zero-order chi connectivity index (χ0) is 9.97. The third-order valence-corrected chi connectivity index (χ3v) is 1.73. The third kappa shape index (κ3) is 1.57. The maximum absolute atomic E-state index is 5.86. The van der Waals surface area contributed by atoms with Crippen molar-refractivity contribution >= 4 is 0 Å². The molecule has 0 radical (unpaired) electrons. The second kappa shape index (κ2) is 3.46. The fraction of sp³-hybridized carbons (Fsp3) is 0.286. The number of nitrogens with two attached hydrogens (primary N) is 1. The maximum Gasteiger partial charge on any atom is 0.197 e. The molecule has 0 aliphatic carbocycles. The molecule has 0 aromatic carbocycles. The molecule has 0 fully saturated rings. The Balaban J connectivity index is 2.29. The molecule has 1 atom stereocenters. The lowest BCUT2D eigenvalue weighted by atomic mass is 10.2. The molecule has 72 valence electrons. The van der Waals surface area contributed by atoms with Crippen molar-refractivity contribution < 1.29 is 0 Å². The molecule has 7 nitrogen and oxygen atoms in total. The van der Waals surface area contributed by atoms with Gasteiger partial charge in [0.25, 0.3) is 0 Å². The Labute approximate surface area is 80.0 Å². The first-order valence-corrected chi connectivity index (χ1v) is 4.03. The summed E-state index contributed by atoms with van der Waals surface area (Å²) in [5.41, 5.74) is 6.54. The van der Waals surface area contributed by atoms with Crippen molar-refractivity contribution in [2.24, 2.45) is 12.8 Å². The molecule has 2 N–H and O–H groups in total. The van der Waals surface area contributed by atoms with Crippen LogP contribution in [-0.4, -0.2) is 30.2 Å². The number of nitrogens with zero attached hydrogens (tertiary/aromatic N) is 6. The van der Waals surface area contributed by atoms with E-state index in [-0.39, 0.29) is 0 Å². The predicted molar refractivity (Wildman–Crippen MR) is 46.9 cm³/mol. The van der Waals surface area contributed by atoms with E-state index < -0.39 is 6.04 Å². The first-order valence-electron chi connectivity index (χ1n) is 4.03. The largest absolute Gasteiger partial charge is 0.316 e. The van der Waals surface area contributed by atoms with Crippen molar-refractivity contribution in [3.8, 4) is 0 Å². The molecule has 1 unspecified atom stereocenters. The first-order chi connectivity index (χ1) is 6.77. The van der Waals surface area contributed by atoms with Gasteiger partial charge in [-0.25, -0.2) is 9.97 Å². The van der Waals surface area contributed by atoms with Gasteiger partial charge in [-0.15, -0.1) is 10.2 Å². The molecule has 2 aromatic heterocycles. The second-order valence-corrected chi connectivity index (χ2v) is 2.75. The number of rotatable bonds is 2. The molecule has 0 saturated heterocycles. The Morgan fingerprint density at radius 2 is 2.36 bits per heavy atom. The van der Waals surface area contributed by atoms with E-state index >= 15 is 0 Å². The molecule has 0 amide bonds. The summed E-state index contributed by atoms with van der Waals surface area (Å²) in [6.45, 7) is 0. The second-order valence-electron chi connectivity index (χ2n) is 2.75. The molecule has 0 spiro atoms. The topological polar surface area (TPSA) is 95.4 Å². The van der Waals surface area contributed by atoms with Crippen molar-refractivity contribution in [2.45, 2.75) is 6.04 Å². The SMILES string of the molecule is Cn1nnc(C(N)c2ccncn2)n1. The normalized spacial score (nSPS) is 12.7. The van der Waals surface area contributed by atoms with Crippen LogP contribution in [0.3, 0.4) is 0 Å². The van der Waals surface area contributed by atoms with Gasteiger partial charge >= 0.3 is 0 Å². The number of hydrogen-bond acceptors (Lipinski definition) is 6. The van der Waals surface area contributed by atoms with Crippen LogP contribution in [-0.2, 0) is 7.05 Å². The fourth-order valence-electron chi connectivity index (χ4n) is 1.04. The van der Waals surface area contributed by atoms with Crippen molar-refractivity contribution in [3.05, 3.63) is 30.1 Å². The van der Waals surface area contributed by atoms with Gasteiger partial charge in [0.05, 0.1) is 12.7 Å². The smallest absolute Gasteiger partial charge is 0.197 e. The number of aromatic nitrogens is 6. The summed E-state index contributed by atoms with van der Waals surface area (Å²) in [7, 11) is 1.68. The molecule has 2 rings (SSSR count). The monoisotopic (exact) mass is 191 g/mol. The van der Waals surface area contributed by atoms with E-state index in [1.165, 1.54) is 11.1 Å². The summed E-state index contributed by atoms with van der Waals surface area (Å²) in [4.78, 5) is 9.17. The van der Waals surface area contributed by atoms with E-state index in [4.69, 9.17) is 5.73 Å². The third-order valence-electron chi connectivity index (χ3n) is 1.73. The number of aryl methyl sites for hydroxylation is 1. The average Bonchev–Trinajstić information content (AvgIpc) is 2.65. The van der Waals surface area contributed by atoms with Crippen molar-refractivity contribution in [3.63, 3.8) is 0 Å². The maximum atomic E-state index is 5.86. The van der Waals surface area contributed by atoms with Gasteiger partial charge in [0.1, 0.15) is 12.4 Å². The minimum atomic E-state index is -0.452. The Morgan fingerprint density at radius 1 is 1.50 bits per heavy atom. The van der Waals surface area contributed by atoms with Crippen LogP contribution < -0.4 is 5.73 Å². The number of hydrogen-bond donors (Lipinski definition) is 1. The zero-order valence-electron chi connectivity index (χ0n) is 7.57. The molecule has 7 heteroatoms. The molecule has 0 aliphatic rings. The molecule has 2 aromatic rings. The first kappa shape index (κ1) is 8.70. The summed E-state index contributed by atoms with van der Waals surface area (Å²) in [5, 5.41) is 11.5. The van der Waals surface area contributed by atoms with Crippen LogP contribution in [0.25, 0.3) is 0 Å². The lowest BCUT2D eigenvalue weighted by Gasteiger charge is -2.04. The molecule has 0 saturated carbocycles. The highest BCUT2D eigenvalue weighted by molar-refractivity contribution is 5.12. The van der Waals surface area contributed by atoms with Crippen LogP contribution >= 0.6 is 0 Å². The predicted octanol–water partition coefficient (Wildman–Crippen LogP) is -0.952. The summed E-state index contributed by atoms with van der Waals surface area (Å²) in [6.07, 6.45) is 3.06. The van der Waals surface area contributed by atoms with Gasteiger partial charge in [-0.05, 0) is 11.3 Å². The van der Waals surface area contributed by atoms with Crippen molar-refractivity contribution in [1.82, 2.24) is 30.2 Å². The minimum Gasteiger partial charge on any atom is -0.316 e. The van der Waals surface area contributed by atoms with E-state index in [1.807, 2.05) is 0 Å². The summed E-state index contributed by atoms with van der Waals surface area (Å²) in [5.74, 6) is 0.450. The van der Waals surface area contributed by atoms with E-state index in [2.05, 4.69) is 25.4 Å². The van der Waals surface area contributed by atoms with Gasteiger partial charge in [0.2, 0.25) is 0 Å². The lowest BCUT2D eigenvalue weighted by molar-refractivity contribution is 0.624. The van der Waals surface area contributed by atoms with Crippen LogP contribution in [0, 0.1) is 0 Å². The minimum absolute atomic E-state index is 0.450.